The van der Waals surface area contributed by atoms with Crippen molar-refractivity contribution in [2.24, 2.45) is 0 Å². The van der Waals surface area contributed by atoms with E-state index in [0.717, 1.165) is 20.5 Å². The van der Waals surface area contributed by atoms with Crippen molar-refractivity contribution < 1.29 is 4.79 Å². The Morgan fingerprint density at radius 2 is 1.79 bits per heavy atom. The molecular weight excluding hydrogens is 438 g/mol. The second-order valence-electron chi connectivity index (χ2n) is 6.01. The number of thiophene rings is 1. The molecule has 2 N–H and O–H groups in total. The average Bonchev–Trinajstić information content (AvgIpc) is 3.20. The largest absolute Gasteiger partial charge is 0.321 e. The zero-order valence-electron chi connectivity index (χ0n) is 14.5. The summed E-state index contributed by atoms with van der Waals surface area (Å²) in [6.45, 7) is 0. The second-order valence-corrected chi connectivity index (χ2v) is 8.01. The molecule has 0 atom stereocenters. The molecule has 0 aliphatic carbocycles. The van der Waals surface area contributed by atoms with Crippen LogP contribution in [0, 0.1) is 0 Å². The standard InChI is InChI=1S/C21H14BrN3O2S/c22-15-6-4-13(5-7-15)18-9-10-19(28-18)21(27)23-16-3-1-2-14(12-16)17-8-11-20(26)25-24-17/h1-12H,(H,23,27)(H,25,26). The molecule has 0 aliphatic rings. The minimum absolute atomic E-state index is 0.167. The van der Waals surface area contributed by atoms with Gasteiger partial charge in [0, 0.05) is 26.7 Å². The molecule has 0 saturated heterocycles. The number of H-pyrrole nitrogens is 1. The summed E-state index contributed by atoms with van der Waals surface area (Å²) in [6.07, 6.45) is 0. The molecule has 0 aliphatic heterocycles. The molecule has 7 heteroatoms. The highest BCUT2D eigenvalue weighted by molar-refractivity contribution is 9.10. The third-order valence-electron chi connectivity index (χ3n) is 4.05. The van der Waals surface area contributed by atoms with Crippen LogP contribution >= 0.6 is 27.3 Å². The van der Waals surface area contributed by atoms with E-state index in [2.05, 4.69) is 31.4 Å². The monoisotopic (exact) mass is 451 g/mol. The molecule has 2 aromatic carbocycles. The quantitative estimate of drug-likeness (QED) is 0.448. The van der Waals surface area contributed by atoms with Crippen LogP contribution in [0.4, 0.5) is 5.69 Å². The van der Waals surface area contributed by atoms with Gasteiger partial charge in [-0.05, 0) is 48.0 Å². The predicted octanol–water partition coefficient (Wildman–Crippen LogP) is 5.18. The van der Waals surface area contributed by atoms with Gasteiger partial charge < -0.3 is 5.32 Å². The van der Waals surface area contributed by atoms with Crippen LogP contribution in [-0.2, 0) is 0 Å². The summed E-state index contributed by atoms with van der Waals surface area (Å²) in [5.74, 6) is -0.167. The molecule has 4 aromatic rings. The van der Waals surface area contributed by atoms with Gasteiger partial charge in [0.2, 0.25) is 0 Å². The van der Waals surface area contributed by atoms with Gasteiger partial charge in [0.25, 0.3) is 11.5 Å². The summed E-state index contributed by atoms with van der Waals surface area (Å²) in [4.78, 5) is 25.5. The molecule has 2 heterocycles. The van der Waals surface area contributed by atoms with Gasteiger partial charge in [0.05, 0.1) is 10.6 Å². The lowest BCUT2D eigenvalue weighted by molar-refractivity contribution is 0.103. The van der Waals surface area contributed by atoms with E-state index < -0.39 is 0 Å². The highest BCUT2D eigenvalue weighted by atomic mass is 79.9. The first-order valence-corrected chi connectivity index (χ1v) is 10.0. The summed E-state index contributed by atoms with van der Waals surface area (Å²) in [7, 11) is 0. The Balaban J connectivity index is 1.52. The summed E-state index contributed by atoms with van der Waals surface area (Å²) >= 11 is 4.87. The third kappa shape index (κ3) is 4.11. The highest BCUT2D eigenvalue weighted by Crippen LogP contribution is 2.30. The van der Waals surface area contributed by atoms with Gasteiger partial charge in [0.15, 0.2) is 0 Å². The molecule has 4 rings (SSSR count). The molecule has 28 heavy (non-hydrogen) atoms. The minimum atomic E-state index is -0.257. The van der Waals surface area contributed by atoms with Crippen LogP contribution in [-0.4, -0.2) is 16.1 Å². The fraction of sp³-hybridized carbons (Fsp3) is 0. The summed E-state index contributed by atoms with van der Waals surface area (Å²) in [5, 5.41) is 9.35. The van der Waals surface area contributed by atoms with Gasteiger partial charge in [-0.25, -0.2) is 5.10 Å². The lowest BCUT2D eigenvalue weighted by Crippen LogP contribution is -2.10. The first kappa shape index (κ1) is 18.3. The number of nitrogens with one attached hydrogen (secondary N) is 2. The van der Waals surface area contributed by atoms with Crippen molar-refractivity contribution >= 4 is 38.9 Å². The van der Waals surface area contributed by atoms with Crippen LogP contribution < -0.4 is 10.9 Å². The molecule has 0 saturated carbocycles. The van der Waals surface area contributed by atoms with Crippen molar-refractivity contribution in [3.8, 4) is 21.7 Å². The van der Waals surface area contributed by atoms with Crippen molar-refractivity contribution in [1.29, 1.82) is 0 Å². The van der Waals surface area contributed by atoms with Crippen LogP contribution in [0.2, 0.25) is 0 Å². The number of carbonyl (C=O) groups excluding carboxylic acids is 1. The number of anilines is 1. The van der Waals surface area contributed by atoms with E-state index in [1.165, 1.54) is 17.4 Å². The van der Waals surface area contributed by atoms with Crippen LogP contribution in [0.1, 0.15) is 9.67 Å². The smallest absolute Gasteiger partial charge is 0.265 e. The zero-order chi connectivity index (χ0) is 19.5. The molecule has 2 aromatic heterocycles. The molecule has 0 spiro atoms. The molecule has 138 valence electrons. The van der Waals surface area contributed by atoms with Gasteiger partial charge >= 0.3 is 0 Å². The van der Waals surface area contributed by atoms with E-state index in [1.54, 1.807) is 6.07 Å². The van der Waals surface area contributed by atoms with Gasteiger partial charge in [-0.1, -0.05) is 40.2 Å². The molecule has 0 unspecified atom stereocenters. The molecule has 0 bridgehead atoms. The van der Waals surface area contributed by atoms with Gasteiger partial charge in [-0.15, -0.1) is 11.3 Å². The van der Waals surface area contributed by atoms with Gasteiger partial charge in [-0.2, -0.15) is 5.10 Å². The Labute approximate surface area is 173 Å². The Bertz CT molecular complexity index is 1180. The number of nitrogens with zero attached hydrogens (tertiary/aromatic N) is 1. The lowest BCUT2D eigenvalue weighted by Gasteiger charge is -2.06. The van der Waals surface area contributed by atoms with E-state index in [1.807, 2.05) is 60.7 Å². The summed E-state index contributed by atoms with van der Waals surface area (Å²) in [6, 6.07) is 22.2. The second kappa shape index (κ2) is 7.92. The fourth-order valence-electron chi connectivity index (χ4n) is 2.68. The number of halogens is 1. The zero-order valence-corrected chi connectivity index (χ0v) is 16.9. The van der Waals surface area contributed by atoms with Crippen molar-refractivity contribution in [2.75, 3.05) is 5.32 Å². The molecular formula is C21H14BrN3O2S. The number of aromatic nitrogens is 2. The van der Waals surface area contributed by atoms with Crippen LogP contribution in [0.25, 0.3) is 21.7 Å². The Morgan fingerprint density at radius 3 is 2.54 bits per heavy atom. The maximum atomic E-state index is 12.6. The normalized spacial score (nSPS) is 10.6. The van der Waals surface area contributed by atoms with Crippen molar-refractivity contribution in [1.82, 2.24) is 10.2 Å². The Morgan fingerprint density at radius 1 is 0.964 bits per heavy atom. The maximum absolute atomic E-state index is 12.6. The lowest BCUT2D eigenvalue weighted by atomic mass is 10.1. The van der Waals surface area contributed by atoms with Crippen LogP contribution in [0.3, 0.4) is 0 Å². The van der Waals surface area contributed by atoms with Crippen molar-refractivity contribution in [3.05, 3.63) is 92.5 Å². The molecule has 0 fully saturated rings. The molecule has 5 nitrogen and oxygen atoms in total. The Kier molecular flexibility index (Phi) is 5.18. The number of hydrogen-bond donors (Lipinski definition) is 2. The van der Waals surface area contributed by atoms with Gasteiger partial charge in [-0.3, -0.25) is 9.59 Å². The van der Waals surface area contributed by atoms with Crippen molar-refractivity contribution in [3.63, 3.8) is 0 Å². The SMILES string of the molecule is O=C(Nc1cccc(-c2ccc(=O)[nH]n2)c1)c1ccc(-c2ccc(Br)cc2)s1. The maximum Gasteiger partial charge on any atom is 0.265 e. The van der Waals surface area contributed by atoms with E-state index in [4.69, 9.17) is 0 Å². The number of carbonyl (C=O) groups is 1. The number of aromatic amines is 1. The van der Waals surface area contributed by atoms with E-state index in [0.29, 0.717) is 16.3 Å². The Hall–Kier alpha value is -3.03. The van der Waals surface area contributed by atoms with E-state index in [9.17, 15) is 9.59 Å². The van der Waals surface area contributed by atoms with Gasteiger partial charge in [0.1, 0.15) is 0 Å². The summed E-state index contributed by atoms with van der Waals surface area (Å²) in [5.41, 5.74) is 2.90. The fourth-order valence-corrected chi connectivity index (χ4v) is 3.85. The van der Waals surface area contributed by atoms with Crippen molar-refractivity contribution in [2.45, 2.75) is 0 Å². The average molecular weight is 452 g/mol. The molecule has 0 radical (unpaired) electrons. The highest BCUT2D eigenvalue weighted by Gasteiger charge is 2.11. The van der Waals surface area contributed by atoms with E-state index >= 15 is 0 Å². The minimum Gasteiger partial charge on any atom is -0.321 e. The summed E-state index contributed by atoms with van der Waals surface area (Å²) < 4.78 is 1.02. The topological polar surface area (TPSA) is 74.8 Å². The predicted molar refractivity (Wildman–Crippen MR) is 116 cm³/mol. The molecule has 1 amide bonds. The first-order valence-electron chi connectivity index (χ1n) is 8.42. The van der Waals surface area contributed by atoms with Crippen LogP contribution in [0.5, 0.6) is 0 Å². The first-order chi connectivity index (χ1) is 13.6. The van der Waals surface area contributed by atoms with E-state index in [-0.39, 0.29) is 11.5 Å². The number of rotatable bonds is 4. The third-order valence-corrected chi connectivity index (χ3v) is 5.72. The number of amides is 1. The number of hydrogen-bond acceptors (Lipinski definition) is 4. The number of benzene rings is 2. The van der Waals surface area contributed by atoms with Crippen LogP contribution in [0.15, 0.2) is 82.1 Å².